The number of hydrogen-bond donors (Lipinski definition) is 1. The number of rotatable bonds is 10. The molecule has 1 rings (SSSR count). The Bertz CT molecular complexity index is 713. The van der Waals surface area contributed by atoms with Crippen molar-refractivity contribution >= 4 is 27.6 Å². The number of ether oxygens (including phenoxy) is 1. The highest BCUT2D eigenvalue weighted by Gasteiger charge is 2.34. The van der Waals surface area contributed by atoms with Crippen molar-refractivity contribution in [1.82, 2.24) is 4.31 Å². The van der Waals surface area contributed by atoms with Crippen LogP contribution in [0.15, 0.2) is 24.3 Å². The summed E-state index contributed by atoms with van der Waals surface area (Å²) in [6.07, 6.45) is 0.628. The SMILES string of the molecule is CC(CC(C)(C)C)C(CS(=O)(=O)N(C)CCOc1ccc(Cl)cc1)C(=O)O. The van der Waals surface area contributed by atoms with Gasteiger partial charge in [-0.15, -0.1) is 0 Å². The lowest BCUT2D eigenvalue weighted by atomic mass is 9.80. The average Bonchev–Trinajstić information content (AvgIpc) is 2.52. The summed E-state index contributed by atoms with van der Waals surface area (Å²) < 4.78 is 31.9. The Balaban J connectivity index is 2.66. The highest BCUT2D eigenvalue weighted by Crippen LogP contribution is 2.30. The van der Waals surface area contributed by atoms with Gasteiger partial charge in [-0.25, -0.2) is 12.7 Å². The number of hydrogen-bond acceptors (Lipinski definition) is 4. The molecule has 0 saturated carbocycles. The summed E-state index contributed by atoms with van der Waals surface area (Å²) in [5, 5.41) is 10.1. The molecule has 154 valence electrons. The molecule has 2 unspecified atom stereocenters. The molecule has 27 heavy (non-hydrogen) atoms. The summed E-state index contributed by atoms with van der Waals surface area (Å²) in [5.41, 5.74) is -0.0742. The van der Waals surface area contributed by atoms with E-state index < -0.39 is 27.7 Å². The summed E-state index contributed by atoms with van der Waals surface area (Å²) >= 11 is 5.80. The van der Waals surface area contributed by atoms with E-state index in [1.165, 1.54) is 7.05 Å². The maximum atomic E-state index is 12.6. The third-order valence-corrected chi connectivity index (χ3v) is 6.46. The van der Waals surface area contributed by atoms with Gasteiger partial charge >= 0.3 is 5.97 Å². The van der Waals surface area contributed by atoms with Crippen molar-refractivity contribution in [1.29, 1.82) is 0 Å². The number of carboxylic acid groups (broad SMARTS) is 1. The van der Waals surface area contributed by atoms with Crippen molar-refractivity contribution in [3.63, 3.8) is 0 Å². The number of halogens is 1. The van der Waals surface area contributed by atoms with E-state index in [9.17, 15) is 18.3 Å². The lowest BCUT2D eigenvalue weighted by molar-refractivity contribution is -0.142. The number of nitrogens with zero attached hydrogens (tertiary/aromatic N) is 1. The standard InChI is InChI=1S/C19H30ClNO5S/c1-14(12-19(2,3)4)17(18(22)23)13-27(24,25)21(5)10-11-26-16-8-6-15(20)7-9-16/h6-9,14,17H,10-13H2,1-5H3,(H,22,23). The normalized spacial score (nSPS) is 14.8. The van der Waals surface area contributed by atoms with Crippen LogP contribution in [0.5, 0.6) is 5.75 Å². The van der Waals surface area contributed by atoms with Crippen molar-refractivity contribution in [2.24, 2.45) is 17.3 Å². The Morgan fingerprint density at radius 1 is 1.26 bits per heavy atom. The second kappa shape index (κ2) is 9.75. The van der Waals surface area contributed by atoms with Gasteiger partial charge in [-0.3, -0.25) is 4.79 Å². The number of benzene rings is 1. The van der Waals surface area contributed by atoms with Gasteiger partial charge in [0.05, 0.1) is 11.7 Å². The minimum absolute atomic E-state index is 0.0742. The Hall–Kier alpha value is -1.31. The number of aliphatic carboxylic acids is 1. The molecule has 1 N–H and O–H groups in total. The molecule has 6 nitrogen and oxygen atoms in total. The Morgan fingerprint density at radius 2 is 1.81 bits per heavy atom. The molecule has 0 aliphatic rings. The molecule has 0 aliphatic heterocycles. The third-order valence-electron chi connectivity index (χ3n) is 4.29. The van der Waals surface area contributed by atoms with E-state index >= 15 is 0 Å². The molecule has 0 saturated heterocycles. The van der Waals surface area contributed by atoms with Crippen LogP contribution in [-0.4, -0.2) is 49.8 Å². The first kappa shape index (κ1) is 23.7. The van der Waals surface area contributed by atoms with Crippen molar-refractivity contribution < 1.29 is 23.1 Å². The number of carboxylic acids is 1. The van der Waals surface area contributed by atoms with E-state index in [1.54, 1.807) is 31.2 Å². The second-order valence-corrected chi connectivity index (χ2v) is 10.6. The van der Waals surface area contributed by atoms with Crippen LogP contribution in [0.1, 0.15) is 34.1 Å². The topological polar surface area (TPSA) is 83.9 Å². The molecule has 1 aromatic carbocycles. The van der Waals surface area contributed by atoms with Crippen LogP contribution >= 0.6 is 11.6 Å². The fourth-order valence-electron chi connectivity index (χ4n) is 2.90. The molecule has 0 heterocycles. The summed E-state index contributed by atoms with van der Waals surface area (Å²) in [6.45, 7) is 8.12. The van der Waals surface area contributed by atoms with Gasteiger partial charge in [-0.1, -0.05) is 39.3 Å². The zero-order valence-corrected chi connectivity index (χ0v) is 18.2. The highest BCUT2D eigenvalue weighted by molar-refractivity contribution is 7.89. The molecule has 0 fully saturated rings. The summed E-state index contributed by atoms with van der Waals surface area (Å²) in [6, 6.07) is 6.77. The highest BCUT2D eigenvalue weighted by atomic mass is 35.5. The van der Waals surface area contributed by atoms with E-state index in [0.29, 0.717) is 17.2 Å². The first-order valence-corrected chi connectivity index (χ1v) is 10.9. The van der Waals surface area contributed by atoms with E-state index in [0.717, 1.165) is 4.31 Å². The van der Waals surface area contributed by atoms with Crippen molar-refractivity contribution in [3.8, 4) is 5.75 Å². The van der Waals surface area contributed by atoms with Gasteiger partial charge in [0.25, 0.3) is 0 Å². The second-order valence-electron chi connectivity index (χ2n) is 8.09. The molecule has 8 heteroatoms. The predicted octanol–water partition coefficient (Wildman–Crippen LogP) is 3.75. The molecule has 0 aromatic heterocycles. The lowest BCUT2D eigenvalue weighted by Gasteiger charge is -2.28. The number of likely N-dealkylation sites (N-methyl/N-ethyl adjacent to an activating group) is 1. The monoisotopic (exact) mass is 419 g/mol. The fourth-order valence-corrected chi connectivity index (χ4v) is 4.56. The quantitative estimate of drug-likeness (QED) is 0.624. The minimum atomic E-state index is -3.71. The summed E-state index contributed by atoms with van der Waals surface area (Å²) in [4.78, 5) is 11.6. The van der Waals surface area contributed by atoms with Crippen LogP contribution < -0.4 is 4.74 Å². The molecule has 0 spiro atoms. The molecule has 0 amide bonds. The van der Waals surface area contributed by atoms with E-state index in [2.05, 4.69) is 0 Å². The largest absolute Gasteiger partial charge is 0.492 e. The first-order valence-electron chi connectivity index (χ1n) is 8.87. The van der Waals surface area contributed by atoms with Crippen molar-refractivity contribution in [3.05, 3.63) is 29.3 Å². The Morgan fingerprint density at radius 3 is 2.30 bits per heavy atom. The van der Waals surface area contributed by atoms with Crippen LogP contribution in [0.25, 0.3) is 0 Å². The van der Waals surface area contributed by atoms with Gasteiger partial charge in [0.15, 0.2) is 0 Å². The summed E-state index contributed by atoms with van der Waals surface area (Å²) in [5.74, 6) is -2.12. The van der Waals surface area contributed by atoms with E-state index in [1.807, 2.05) is 20.8 Å². The van der Waals surface area contributed by atoms with Gasteiger partial charge in [0.2, 0.25) is 10.0 Å². The predicted molar refractivity (Wildman–Crippen MR) is 108 cm³/mol. The van der Waals surface area contributed by atoms with E-state index in [-0.39, 0.29) is 24.5 Å². The Labute approximate surface area is 167 Å². The van der Waals surface area contributed by atoms with Gasteiger partial charge in [-0.05, 0) is 42.0 Å². The maximum Gasteiger partial charge on any atom is 0.307 e. The molecular weight excluding hydrogens is 390 g/mol. The van der Waals surface area contributed by atoms with Crippen molar-refractivity contribution in [2.75, 3.05) is 26.0 Å². The van der Waals surface area contributed by atoms with Crippen LogP contribution in [0, 0.1) is 17.3 Å². The molecule has 0 bridgehead atoms. The third kappa shape index (κ3) is 8.49. The number of carbonyl (C=O) groups is 1. The zero-order chi connectivity index (χ0) is 20.8. The van der Waals surface area contributed by atoms with Crippen LogP contribution in [0.3, 0.4) is 0 Å². The summed E-state index contributed by atoms with van der Waals surface area (Å²) in [7, 11) is -2.28. The molecule has 0 aliphatic carbocycles. The molecule has 1 aromatic rings. The van der Waals surface area contributed by atoms with Gasteiger partial charge in [0, 0.05) is 18.6 Å². The lowest BCUT2D eigenvalue weighted by Crippen LogP contribution is -2.39. The number of sulfonamides is 1. The molecular formula is C19H30ClNO5S. The van der Waals surface area contributed by atoms with Crippen LogP contribution in [0.2, 0.25) is 5.02 Å². The van der Waals surface area contributed by atoms with Crippen LogP contribution in [-0.2, 0) is 14.8 Å². The molecule has 0 radical (unpaired) electrons. The fraction of sp³-hybridized carbons (Fsp3) is 0.632. The zero-order valence-electron chi connectivity index (χ0n) is 16.6. The van der Waals surface area contributed by atoms with Crippen molar-refractivity contribution in [2.45, 2.75) is 34.1 Å². The van der Waals surface area contributed by atoms with Gasteiger partial charge in [-0.2, -0.15) is 0 Å². The molecule has 2 atom stereocenters. The first-order chi connectivity index (χ1) is 12.3. The smallest absolute Gasteiger partial charge is 0.307 e. The van der Waals surface area contributed by atoms with Gasteiger partial charge in [0.1, 0.15) is 12.4 Å². The van der Waals surface area contributed by atoms with Gasteiger partial charge < -0.3 is 9.84 Å². The van der Waals surface area contributed by atoms with Crippen LogP contribution in [0.4, 0.5) is 0 Å². The maximum absolute atomic E-state index is 12.6. The minimum Gasteiger partial charge on any atom is -0.492 e. The Kier molecular flexibility index (Phi) is 8.57. The van der Waals surface area contributed by atoms with E-state index in [4.69, 9.17) is 16.3 Å². The average molecular weight is 420 g/mol.